The number of nitrogens with two attached hydrogens (primary N) is 1. The number of nitrogens with zero attached hydrogens (tertiary/aromatic N) is 18. The van der Waals surface area contributed by atoms with Crippen molar-refractivity contribution in [3.8, 4) is 46.1 Å². The lowest BCUT2D eigenvalue weighted by molar-refractivity contribution is -0.115. The number of ether oxygens (including phenoxy) is 2. The number of anilines is 9. The van der Waals surface area contributed by atoms with E-state index < -0.39 is 71.4 Å². The monoisotopic (exact) mass is 1610 g/mol. The van der Waals surface area contributed by atoms with Crippen molar-refractivity contribution in [1.82, 2.24) is 93.9 Å². The molecule has 13 aromatic heterocycles. The van der Waals surface area contributed by atoms with Gasteiger partial charge in [-0.1, -0.05) is 65.7 Å². The van der Waals surface area contributed by atoms with Gasteiger partial charge in [0.2, 0.25) is 11.8 Å². The van der Waals surface area contributed by atoms with Crippen LogP contribution in [0.15, 0.2) is 171 Å². The normalized spacial score (nSPS) is 11.0. The molecule has 29 nitrogen and oxygen atoms in total. The van der Waals surface area contributed by atoms with E-state index in [0.717, 1.165) is 11.1 Å². The lowest BCUT2D eigenvalue weighted by Gasteiger charge is -2.12. The molecular weight excluding hydrogens is 1550 g/mol. The van der Waals surface area contributed by atoms with Crippen LogP contribution in [0.1, 0.15) is 61.3 Å². The molecule has 2 amide bonds. The summed E-state index contributed by atoms with van der Waals surface area (Å²) in [5, 5.41) is 12.7. The minimum Gasteiger partial charge on any atom is -0.497 e. The van der Waals surface area contributed by atoms with Crippen molar-refractivity contribution in [2.24, 2.45) is 0 Å². The van der Waals surface area contributed by atoms with Crippen molar-refractivity contribution in [2.75, 3.05) is 46.5 Å². The molecule has 580 valence electrons. The van der Waals surface area contributed by atoms with Crippen LogP contribution in [0, 0.1) is 23.3 Å². The number of hydrogen-bond acceptors (Lipinski definition) is 24. The number of alkyl halides is 6. The second kappa shape index (κ2) is 35.6. The first-order valence-corrected chi connectivity index (χ1v) is 33.8. The SMILES string of the molecule is CC(=O)Nc1nccc(Nc2nc(-c3cccc(C(F)F)n3)nc3nc[nH]c23)c1F.COc1ccc(Cn2cnc3c(Nc4ccnc(Cl)c4F)nc(-c4cccc(C(F)F)n4)nc32)cc1.COc1ccc(Cn2cnc3c(Nc4ccnc(NC(C)=O)c4F)nc(-c4cccc(C(F)F)n4)nc32)cc1.Nc1ccnc(Cl)c1F. The van der Waals surface area contributed by atoms with Crippen LogP contribution in [0.4, 0.5) is 95.7 Å². The zero-order valence-electron chi connectivity index (χ0n) is 59.1. The summed E-state index contributed by atoms with van der Waals surface area (Å²) in [6.07, 6.45) is 1.47. The van der Waals surface area contributed by atoms with Gasteiger partial charge in [-0.3, -0.25) is 9.59 Å². The van der Waals surface area contributed by atoms with Crippen LogP contribution in [0.3, 0.4) is 0 Å². The fourth-order valence-corrected chi connectivity index (χ4v) is 10.8. The number of rotatable bonds is 20. The Bertz CT molecular complexity index is 5980. The Kier molecular flexibility index (Phi) is 24.8. The molecule has 0 aliphatic carbocycles. The van der Waals surface area contributed by atoms with E-state index in [2.05, 4.69) is 111 Å². The highest BCUT2D eigenvalue weighted by Gasteiger charge is 2.24. The molecule has 15 rings (SSSR count). The van der Waals surface area contributed by atoms with Gasteiger partial charge < -0.3 is 55.9 Å². The van der Waals surface area contributed by atoms with Gasteiger partial charge in [-0.25, -0.2) is 124 Å². The first kappa shape index (κ1) is 79.3. The van der Waals surface area contributed by atoms with Crippen LogP contribution < -0.4 is 41.8 Å². The molecule has 0 radical (unpaired) electrons. The lowest BCUT2D eigenvalue weighted by atomic mass is 10.2. The number of nitrogen functional groups attached to an aromatic ring is 1. The summed E-state index contributed by atoms with van der Waals surface area (Å²) < 4.78 is 150. The maximum atomic E-state index is 15.1. The van der Waals surface area contributed by atoms with Crippen LogP contribution >= 0.6 is 23.2 Å². The Morgan fingerprint density at radius 3 is 1.24 bits per heavy atom. The van der Waals surface area contributed by atoms with E-state index in [1.807, 2.05) is 48.5 Å². The minimum atomic E-state index is -2.79. The van der Waals surface area contributed by atoms with E-state index in [1.54, 1.807) is 36.0 Å². The number of imidazole rings is 3. The zero-order valence-corrected chi connectivity index (χ0v) is 60.6. The molecule has 0 spiro atoms. The standard InChI is InChI=1S/C26H21F3N8O2.C24H17ClF3N7O.C18H13F3N8O.C5H4ClFN2/c1-14(38)32-24-20(27)17(10-11-30-24)34-25-21-26(36-23(35-25)19-5-3-4-18(33-19)22(28)29)37(13-31-21)12-15-6-8-16(39-2)9-7-15;1-36-14-7-5-13(6-8-14)11-35-12-30-19-23(32-15-9-10-29-20(25)18(15)26)33-22(34-24(19)35)17-4-2-3-16(31-17)21(27)28;1-8(30)25-16-12(19)9(5-6-22-16)27-18-13-17(24-7-23-13)28-15(29-18)11-4-2-3-10(26-11)14(20)21;6-5-4(7)3(8)1-2-9-5/h3-11,13,22H,12H2,1-2H3,(H2,30,32,34,35,36,38);2-10,12,21H,11H2,1H3,(H,29,32,33,34);2-7,14H,1H3,(H3,22,23,24,25,27,28,29,30);1-2H,(H2,8,9). The third-order valence-corrected chi connectivity index (χ3v) is 16.3. The minimum absolute atomic E-state index is 0.0138. The van der Waals surface area contributed by atoms with Crippen LogP contribution in [0.25, 0.3) is 68.0 Å². The topological polar surface area (TPSA) is 371 Å². The highest BCUT2D eigenvalue weighted by molar-refractivity contribution is 6.30. The smallest absolute Gasteiger partial charge is 0.280 e. The van der Waals surface area contributed by atoms with E-state index in [-0.39, 0.29) is 102 Å². The number of halogens is 12. The molecule has 0 aliphatic heterocycles. The summed E-state index contributed by atoms with van der Waals surface area (Å²) in [4.78, 5) is 91.6. The van der Waals surface area contributed by atoms with Crippen molar-refractivity contribution in [1.29, 1.82) is 0 Å². The Hall–Kier alpha value is -14.2. The third kappa shape index (κ3) is 19.0. The first-order chi connectivity index (χ1) is 54.9. The number of carbonyl (C=O) groups excluding carboxylic acids is 2. The molecule has 2 aromatic carbocycles. The van der Waals surface area contributed by atoms with Crippen LogP contribution in [-0.4, -0.2) is 120 Å². The molecule has 0 unspecified atom stereocenters. The van der Waals surface area contributed by atoms with Gasteiger partial charge in [0.05, 0.1) is 69.0 Å². The molecule has 0 aliphatic rings. The number of hydrogen-bond donors (Lipinski definition) is 7. The number of H-pyrrole nitrogens is 1. The van der Waals surface area contributed by atoms with Crippen molar-refractivity contribution >= 4 is 120 Å². The highest BCUT2D eigenvalue weighted by atomic mass is 35.5. The predicted molar refractivity (Wildman–Crippen MR) is 401 cm³/mol. The van der Waals surface area contributed by atoms with Crippen LogP contribution in [-0.2, 0) is 22.7 Å². The molecule has 114 heavy (non-hydrogen) atoms. The quantitative estimate of drug-likeness (QED) is 0.0275. The lowest BCUT2D eigenvalue weighted by Crippen LogP contribution is -2.11. The summed E-state index contributed by atoms with van der Waals surface area (Å²) >= 11 is 11.1. The highest BCUT2D eigenvalue weighted by Crippen LogP contribution is 2.35. The van der Waals surface area contributed by atoms with Gasteiger partial charge in [-0.05, 0) is 96.1 Å². The molecular formula is C73H55Cl2F10N25O4. The van der Waals surface area contributed by atoms with E-state index in [4.69, 9.17) is 38.4 Å². The van der Waals surface area contributed by atoms with Gasteiger partial charge in [0.15, 0.2) is 108 Å². The predicted octanol–water partition coefficient (Wildman–Crippen LogP) is 16.0. The average molecular weight is 1610 g/mol. The van der Waals surface area contributed by atoms with Gasteiger partial charge in [0, 0.05) is 38.6 Å². The second-order valence-electron chi connectivity index (χ2n) is 23.6. The Balaban J connectivity index is 0.000000150. The van der Waals surface area contributed by atoms with Crippen LogP contribution in [0.5, 0.6) is 11.5 Å². The summed E-state index contributed by atoms with van der Waals surface area (Å²) in [6, 6.07) is 32.7. The third-order valence-electron chi connectivity index (χ3n) is 15.8. The van der Waals surface area contributed by atoms with E-state index >= 15 is 4.39 Å². The van der Waals surface area contributed by atoms with E-state index in [0.29, 0.717) is 52.4 Å². The fourth-order valence-electron chi connectivity index (χ4n) is 10.4. The van der Waals surface area contributed by atoms with E-state index in [9.17, 15) is 49.1 Å². The van der Waals surface area contributed by atoms with Crippen LogP contribution in [0.2, 0.25) is 10.3 Å². The summed E-state index contributed by atoms with van der Waals surface area (Å²) in [5.74, 6) is -2.64. The van der Waals surface area contributed by atoms with Crippen molar-refractivity contribution in [3.05, 3.63) is 233 Å². The molecule has 13 heterocycles. The average Bonchev–Trinajstić information content (AvgIpc) is 1.59. The Labute approximate surface area is 646 Å². The van der Waals surface area contributed by atoms with Gasteiger partial charge in [-0.15, -0.1) is 0 Å². The molecule has 0 fully saturated rings. The number of amides is 2. The number of methoxy groups -OCH3 is 2. The van der Waals surface area contributed by atoms with Crippen molar-refractivity contribution in [2.45, 2.75) is 46.2 Å². The number of pyridine rings is 7. The number of nitrogens with one attached hydrogen (secondary N) is 6. The number of carbonyl (C=O) groups is 2. The number of benzene rings is 2. The molecule has 0 atom stereocenters. The largest absolute Gasteiger partial charge is 0.497 e. The second-order valence-corrected chi connectivity index (χ2v) is 24.3. The van der Waals surface area contributed by atoms with Gasteiger partial charge in [0.1, 0.15) is 51.2 Å². The van der Waals surface area contributed by atoms with E-state index in [1.165, 1.54) is 124 Å². The number of aromatic nitrogens is 19. The van der Waals surface area contributed by atoms with Gasteiger partial charge >= 0.3 is 0 Å². The molecule has 41 heteroatoms. The maximum absolute atomic E-state index is 15.1. The molecule has 0 bridgehead atoms. The fraction of sp³-hybridized carbons (Fsp3) is 0.123. The van der Waals surface area contributed by atoms with Crippen molar-refractivity contribution < 1.29 is 63.0 Å². The molecule has 0 saturated carbocycles. The molecule has 15 aromatic rings. The zero-order chi connectivity index (χ0) is 80.9. The molecule has 8 N–H and O–H groups in total. The van der Waals surface area contributed by atoms with Gasteiger partial charge in [-0.2, -0.15) is 0 Å². The first-order valence-electron chi connectivity index (χ1n) is 33.1. The Morgan fingerprint density at radius 2 is 0.833 bits per heavy atom. The maximum Gasteiger partial charge on any atom is 0.280 e. The Morgan fingerprint density at radius 1 is 0.447 bits per heavy atom. The van der Waals surface area contributed by atoms with Gasteiger partial charge in [0.25, 0.3) is 19.3 Å². The van der Waals surface area contributed by atoms with Crippen molar-refractivity contribution in [3.63, 3.8) is 0 Å². The summed E-state index contributed by atoms with van der Waals surface area (Å²) in [5.41, 5.74) is 7.99. The summed E-state index contributed by atoms with van der Waals surface area (Å²) in [6.45, 7) is 3.23. The number of fused-ring (bicyclic) bond motifs is 3. The molecule has 0 saturated heterocycles. The number of aromatic amines is 1. The summed E-state index contributed by atoms with van der Waals surface area (Å²) in [7, 11) is 3.16.